The summed E-state index contributed by atoms with van der Waals surface area (Å²) in [4.78, 5) is 19.4. The maximum atomic E-state index is 13.7. The highest BCUT2D eigenvalue weighted by molar-refractivity contribution is 9.10. The van der Waals surface area contributed by atoms with Crippen LogP contribution < -0.4 is 14.9 Å². The minimum Gasteiger partial charge on any atom is -0.507 e. The molecule has 0 saturated heterocycles. The Labute approximate surface area is 202 Å². The van der Waals surface area contributed by atoms with Gasteiger partial charge in [-0.25, -0.2) is 4.99 Å². The van der Waals surface area contributed by atoms with Crippen molar-refractivity contribution in [3.63, 3.8) is 0 Å². The maximum Gasteiger partial charge on any atom is 0.271 e. The third-order valence-corrected chi connectivity index (χ3v) is 7.88. The molecule has 1 atom stereocenters. The van der Waals surface area contributed by atoms with E-state index in [4.69, 9.17) is 4.99 Å². The first-order chi connectivity index (χ1) is 16.1. The van der Waals surface area contributed by atoms with Crippen molar-refractivity contribution in [1.82, 2.24) is 4.57 Å². The Morgan fingerprint density at radius 1 is 1.03 bits per heavy atom. The van der Waals surface area contributed by atoms with Gasteiger partial charge in [-0.05, 0) is 69.2 Å². The number of rotatable bonds is 2. The van der Waals surface area contributed by atoms with E-state index in [0.717, 1.165) is 29.7 Å². The van der Waals surface area contributed by atoms with Crippen molar-refractivity contribution in [3.8, 4) is 5.75 Å². The van der Waals surface area contributed by atoms with Crippen LogP contribution in [-0.2, 0) is 6.42 Å². The summed E-state index contributed by atoms with van der Waals surface area (Å²) in [5.74, 6) is 0.170. The number of fused-ring (bicyclic) bond motifs is 3. The highest BCUT2D eigenvalue weighted by Gasteiger charge is 2.32. The number of aromatic hydroxyl groups is 1. The van der Waals surface area contributed by atoms with E-state index in [-0.39, 0.29) is 17.4 Å². The van der Waals surface area contributed by atoms with Crippen LogP contribution in [0.2, 0.25) is 0 Å². The smallest absolute Gasteiger partial charge is 0.271 e. The van der Waals surface area contributed by atoms with E-state index in [0.29, 0.717) is 13.8 Å². The number of phenols is 1. The number of nitrogens with zero attached hydrogens (tertiary/aromatic N) is 2. The molecule has 6 heteroatoms. The number of aromatic nitrogens is 1. The third kappa shape index (κ3) is 3.41. The van der Waals surface area contributed by atoms with E-state index in [2.05, 4.69) is 52.3 Å². The van der Waals surface area contributed by atoms with E-state index in [9.17, 15) is 9.90 Å². The van der Waals surface area contributed by atoms with Gasteiger partial charge in [0.25, 0.3) is 5.56 Å². The van der Waals surface area contributed by atoms with Crippen molar-refractivity contribution in [2.45, 2.75) is 18.9 Å². The minimum absolute atomic E-state index is 0.0396. The first-order valence-corrected chi connectivity index (χ1v) is 12.4. The van der Waals surface area contributed by atoms with Crippen LogP contribution in [0.1, 0.15) is 34.7 Å². The van der Waals surface area contributed by atoms with E-state index in [1.54, 1.807) is 12.1 Å². The second-order valence-electron chi connectivity index (χ2n) is 8.24. The number of aryl methyl sites for hydroxylation is 1. The zero-order chi connectivity index (χ0) is 22.5. The monoisotopic (exact) mass is 514 g/mol. The average molecular weight is 515 g/mol. The summed E-state index contributed by atoms with van der Waals surface area (Å²) in [5.41, 5.74) is 6.58. The molecule has 3 aromatic carbocycles. The molecule has 33 heavy (non-hydrogen) atoms. The van der Waals surface area contributed by atoms with Crippen LogP contribution in [0.15, 0.2) is 92.6 Å². The first-order valence-electron chi connectivity index (χ1n) is 10.8. The second-order valence-corrected chi connectivity index (χ2v) is 10.1. The van der Waals surface area contributed by atoms with E-state index < -0.39 is 0 Å². The van der Waals surface area contributed by atoms with Gasteiger partial charge in [0, 0.05) is 5.56 Å². The van der Waals surface area contributed by atoms with Gasteiger partial charge >= 0.3 is 0 Å². The molecule has 162 valence electrons. The molecular formula is C27H19BrN2O2S. The first kappa shape index (κ1) is 20.4. The Bertz CT molecular complexity index is 1620. The van der Waals surface area contributed by atoms with Crippen molar-refractivity contribution in [1.29, 1.82) is 0 Å². The predicted octanol–water partition coefficient (Wildman–Crippen LogP) is 4.79. The number of halogens is 1. The standard InChI is InChI=1S/C27H19BrN2O2S/c28-21-14-16(10-13-22(21)31)15-23-26(32)30-25(18-7-2-1-3-8-18)20-12-11-17-6-4-5-9-19(17)24(20)29-27(30)33-23/h1-10,13-15,25,31H,11-12H2. The van der Waals surface area contributed by atoms with E-state index in [1.165, 1.54) is 28.0 Å². The normalized spacial score (nSPS) is 17.2. The van der Waals surface area contributed by atoms with Crippen molar-refractivity contribution >= 4 is 39.0 Å². The Balaban J connectivity index is 1.62. The SMILES string of the molecule is O=c1c(=Cc2ccc(O)c(Br)c2)sc2n1C(c1ccccc1)C1=C(N=2)c2ccccc2CC1. The Kier molecular flexibility index (Phi) is 4.93. The Morgan fingerprint density at radius 2 is 1.82 bits per heavy atom. The van der Waals surface area contributed by atoms with Crippen molar-refractivity contribution in [2.75, 3.05) is 0 Å². The average Bonchev–Trinajstić information content (AvgIpc) is 3.15. The van der Waals surface area contributed by atoms with Gasteiger partial charge in [0.2, 0.25) is 0 Å². The highest BCUT2D eigenvalue weighted by Crippen LogP contribution is 2.41. The maximum absolute atomic E-state index is 13.7. The number of phenolic OH excluding ortho intramolecular Hbond substituents is 1. The molecule has 4 nitrogen and oxygen atoms in total. The van der Waals surface area contributed by atoms with Crippen LogP contribution in [0.25, 0.3) is 11.8 Å². The minimum atomic E-state index is -0.167. The molecule has 1 aliphatic carbocycles. The zero-order valence-electron chi connectivity index (χ0n) is 17.5. The summed E-state index contributed by atoms with van der Waals surface area (Å²) >= 11 is 4.77. The molecule has 0 saturated carbocycles. The lowest BCUT2D eigenvalue weighted by Crippen LogP contribution is -2.38. The molecule has 1 aliphatic heterocycles. The number of thiazole rings is 1. The lowest BCUT2D eigenvalue weighted by molar-refractivity contribution is 0.472. The lowest BCUT2D eigenvalue weighted by Gasteiger charge is -2.30. The van der Waals surface area contributed by atoms with Gasteiger partial charge in [-0.1, -0.05) is 72.0 Å². The summed E-state index contributed by atoms with van der Waals surface area (Å²) in [7, 11) is 0. The summed E-state index contributed by atoms with van der Waals surface area (Å²) in [6, 6.07) is 23.7. The van der Waals surface area contributed by atoms with Gasteiger partial charge in [0.05, 0.1) is 20.7 Å². The van der Waals surface area contributed by atoms with Crippen LogP contribution in [0.4, 0.5) is 0 Å². The van der Waals surface area contributed by atoms with E-state index in [1.807, 2.05) is 34.9 Å². The number of benzene rings is 3. The third-order valence-electron chi connectivity index (χ3n) is 6.26. The highest BCUT2D eigenvalue weighted by atomic mass is 79.9. The van der Waals surface area contributed by atoms with Gasteiger partial charge in [-0.3, -0.25) is 9.36 Å². The van der Waals surface area contributed by atoms with Crippen LogP contribution in [0.3, 0.4) is 0 Å². The van der Waals surface area contributed by atoms with Crippen LogP contribution in [-0.4, -0.2) is 9.67 Å². The topological polar surface area (TPSA) is 54.6 Å². The van der Waals surface area contributed by atoms with Crippen molar-refractivity contribution < 1.29 is 5.11 Å². The molecule has 4 aromatic rings. The zero-order valence-corrected chi connectivity index (χ0v) is 19.9. The molecule has 2 heterocycles. The molecule has 0 amide bonds. The number of allylic oxidation sites excluding steroid dienone is 1. The number of hydrogen-bond acceptors (Lipinski definition) is 4. The second kappa shape index (κ2) is 7.97. The predicted molar refractivity (Wildman–Crippen MR) is 135 cm³/mol. The fourth-order valence-corrected chi connectivity index (χ4v) is 6.12. The van der Waals surface area contributed by atoms with Gasteiger partial charge in [-0.15, -0.1) is 0 Å². The molecule has 1 N–H and O–H groups in total. The van der Waals surface area contributed by atoms with Crippen LogP contribution in [0.5, 0.6) is 5.75 Å². The van der Waals surface area contributed by atoms with Gasteiger partial charge in [0.15, 0.2) is 4.80 Å². The molecule has 0 radical (unpaired) electrons. The van der Waals surface area contributed by atoms with Gasteiger partial charge < -0.3 is 5.11 Å². The van der Waals surface area contributed by atoms with Crippen molar-refractivity contribution in [2.24, 2.45) is 4.99 Å². The fourth-order valence-electron chi connectivity index (χ4n) is 4.72. The molecule has 1 aromatic heterocycles. The fraction of sp³-hybridized carbons (Fsp3) is 0.111. The molecule has 1 unspecified atom stereocenters. The lowest BCUT2D eigenvalue weighted by atomic mass is 9.83. The Morgan fingerprint density at radius 3 is 2.64 bits per heavy atom. The molecule has 0 fully saturated rings. The molecule has 6 rings (SSSR count). The van der Waals surface area contributed by atoms with Crippen LogP contribution >= 0.6 is 27.3 Å². The van der Waals surface area contributed by atoms with Crippen LogP contribution in [0, 0.1) is 0 Å². The molecule has 2 aliphatic rings. The van der Waals surface area contributed by atoms with Gasteiger partial charge in [-0.2, -0.15) is 0 Å². The number of hydrogen-bond donors (Lipinski definition) is 1. The molecular weight excluding hydrogens is 496 g/mol. The quantitative estimate of drug-likeness (QED) is 0.418. The summed E-state index contributed by atoms with van der Waals surface area (Å²) in [6.45, 7) is 0. The molecule has 0 bridgehead atoms. The summed E-state index contributed by atoms with van der Waals surface area (Å²) in [6.07, 6.45) is 3.69. The molecule has 0 spiro atoms. The van der Waals surface area contributed by atoms with Crippen molar-refractivity contribution in [3.05, 3.63) is 125 Å². The summed E-state index contributed by atoms with van der Waals surface area (Å²) in [5, 5.41) is 9.81. The Hall–Kier alpha value is -3.22. The summed E-state index contributed by atoms with van der Waals surface area (Å²) < 4.78 is 3.08. The van der Waals surface area contributed by atoms with Gasteiger partial charge in [0.1, 0.15) is 5.75 Å². The largest absolute Gasteiger partial charge is 0.507 e. The van der Waals surface area contributed by atoms with E-state index >= 15 is 0 Å².